The average Bonchev–Trinajstić information content (AvgIpc) is 3.12. The van der Waals surface area contributed by atoms with Crippen molar-refractivity contribution in [2.45, 2.75) is 22.0 Å². The van der Waals surface area contributed by atoms with Crippen LogP contribution in [0.25, 0.3) is 0 Å². The normalized spacial score (nSPS) is 18.7. The summed E-state index contributed by atoms with van der Waals surface area (Å²) < 4.78 is 45.3. The smallest absolute Gasteiger partial charge is 0.435 e. The van der Waals surface area contributed by atoms with Crippen molar-refractivity contribution in [2.75, 3.05) is 11.9 Å². The summed E-state index contributed by atoms with van der Waals surface area (Å²) >= 11 is 28.3. The number of carbonyl (C=O) groups is 1. The van der Waals surface area contributed by atoms with Gasteiger partial charge >= 0.3 is 12.3 Å². The van der Waals surface area contributed by atoms with Gasteiger partial charge in [0.2, 0.25) is 3.79 Å². The van der Waals surface area contributed by atoms with E-state index in [4.69, 9.17) is 67.6 Å². The SMILES string of the molecule is O=C(Nc1cccc(C2=NOC(c3cc(Cl)cc(Cl)c3)(C(F)(F)F)C2)c1)OCC(Cl)(Cl)Cl. The van der Waals surface area contributed by atoms with E-state index in [1.54, 1.807) is 0 Å². The molecule has 3 rings (SSSR count). The van der Waals surface area contributed by atoms with Crippen molar-refractivity contribution in [1.82, 2.24) is 0 Å². The minimum absolute atomic E-state index is 0.00303. The van der Waals surface area contributed by atoms with Gasteiger partial charge in [0.15, 0.2) is 0 Å². The second kappa shape index (κ2) is 9.35. The molecule has 32 heavy (non-hydrogen) atoms. The van der Waals surface area contributed by atoms with Crippen molar-refractivity contribution in [3.63, 3.8) is 0 Å². The van der Waals surface area contributed by atoms with Gasteiger partial charge < -0.3 is 9.57 Å². The summed E-state index contributed by atoms with van der Waals surface area (Å²) in [6.07, 6.45) is -6.39. The third kappa shape index (κ3) is 5.85. The van der Waals surface area contributed by atoms with Gasteiger partial charge in [0.1, 0.15) is 6.61 Å². The van der Waals surface area contributed by atoms with Crippen molar-refractivity contribution < 1.29 is 27.5 Å². The number of amides is 1. The topological polar surface area (TPSA) is 59.9 Å². The first-order valence-corrected chi connectivity index (χ1v) is 10.6. The highest BCUT2D eigenvalue weighted by molar-refractivity contribution is 6.67. The van der Waals surface area contributed by atoms with Crippen LogP contribution in [0.5, 0.6) is 0 Å². The van der Waals surface area contributed by atoms with Crippen LogP contribution in [0.2, 0.25) is 10.0 Å². The molecule has 13 heteroatoms. The molecule has 1 aliphatic heterocycles. The summed E-state index contributed by atoms with van der Waals surface area (Å²) in [7, 11) is 0. The maximum Gasteiger partial charge on any atom is 0.435 e. The Bertz CT molecular complexity index is 1040. The zero-order chi connectivity index (χ0) is 23.7. The molecular weight excluding hydrogens is 538 g/mol. The Morgan fingerprint density at radius 2 is 1.78 bits per heavy atom. The van der Waals surface area contributed by atoms with Crippen LogP contribution in [0, 0.1) is 0 Å². The molecule has 2 aromatic rings. The molecule has 0 aromatic heterocycles. The molecule has 0 bridgehead atoms. The third-order valence-corrected chi connectivity index (χ3v) is 5.09. The number of ether oxygens (including phenoxy) is 1. The molecule has 1 amide bonds. The number of alkyl halides is 6. The lowest BCUT2D eigenvalue weighted by atomic mass is 9.86. The molecule has 1 unspecified atom stereocenters. The number of carbonyl (C=O) groups excluding carboxylic acids is 1. The molecule has 0 saturated carbocycles. The third-order valence-electron chi connectivity index (χ3n) is 4.32. The molecular formula is C19H12Cl5F3N2O3. The van der Waals surface area contributed by atoms with E-state index in [0.29, 0.717) is 0 Å². The molecule has 172 valence electrons. The molecule has 1 heterocycles. The summed E-state index contributed by atoms with van der Waals surface area (Å²) in [4.78, 5) is 16.8. The Morgan fingerprint density at radius 1 is 1.12 bits per heavy atom. The van der Waals surface area contributed by atoms with Crippen molar-refractivity contribution in [3.8, 4) is 0 Å². The van der Waals surface area contributed by atoms with Gasteiger partial charge in [-0.1, -0.05) is 75.3 Å². The zero-order valence-electron chi connectivity index (χ0n) is 15.7. The van der Waals surface area contributed by atoms with Gasteiger partial charge in [0, 0.05) is 33.3 Å². The van der Waals surface area contributed by atoms with Gasteiger partial charge in [0.05, 0.1) is 5.71 Å². The largest absolute Gasteiger partial charge is 0.445 e. The average molecular weight is 551 g/mol. The number of hydrogen-bond donors (Lipinski definition) is 1. The lowest BCUT2D eigenvalue weighted by Gasteiger charge is -2.29. The van der Waals surface area contributed by atoms with E-state index in [9.17, 15) is 18.0 Å². The molecule has 0 radical (unpaired) electrons. The Balaban J connectivity index is 1.83. The molecule has 5 nitrogen and oxygen atoms in total. The number of benzene rings is 2. The highest BCUT2D eigenvalue weighted by Gasteiger charge is 2.62. The van der Waals surface area contributed by atoms with Crippen LogP contribution in [0.1, 0.15) is 17.5 Å². The molecule has 0 fully saturated rings. The number of halogens is 8. The molecule has 1 N–H and O–H groups in total. The van der Waals surface area contributed by atoms with Gasteiger partial charge in [-0.3, -0.25) is 5.32 Å². The van der Waals surface area contributed by atoms with Crippen LogP contribution in [0.15, 0.2) is 47.6 Å². The lowest BCUT2D eigenvalue weighted by molar-refractivity contribution is -0.275. The van der Waals surface area contributed by atoms with Crippen molar-refractivity contribution in [3.05, 3.63) is 63.6 Å². The minimum atomic E-state index is -4.83. The van der Waals surface area contributed by atoms with Crippen LogP contribution in [-0.4, -0.2) is 28.4 Å². The van der Waals surface area contributed by atoms with Gasteiger partial charge in [-0.2, -0.15) is 13.2 Å². The number of rotatable bonds is 4. The number of nitrogens with zero attached hydrogens (tertiary/aromatic N) is 1. The van der Waals surface area contributed by atoms with Gasteiger partial charge in [-0.15, -0.1) is 0 Å². The molecule has 1 aliphatic rings. The standard InChI is InChI=1S/C19H12Cl5F3N2O3/c20-12-5-11(6-13(21)7-12)17(19(25,26)27)8-15(29-32-17)10-2-1-3-14(4-10)28-16(30)31-9-18(22,23)24/h1-7H,8-9H2,(H,28,30). The van der Waals surface area contributed by atoms with E-state index in [2.05, 4.69) is 10.5 Å². The van der Waals surface area contributed by atoms with E-state index in [1.807, 2.05) is 0 Å². The number of hydrogen-bond acceptors (Lipinski definition) is 4. The Kier molecular flexibility index (Phi) is 7.32. The summed E-state index contributed by atoms with van der Waals surface area (Å²) in [6, 6.07) is 9.46. The molecule has 0 spiro atoms. The number of anilines is 1. The first kappa shape index (κ1) is 25.1. The fourth-order valence-electron chi connectivity index (χ4n) is 2.92. The number of oxime groups is 1. The Labute approximate surface area is 205 Å². The summed E-state index contributed by atoms with van der Waals surface area (Å²) in [6.45, 7) is -0.500. The summed E-state index contributed by atoms with van der Waals surface area (Å²) in [5, 5.41) is 6.09. The van der Waals surface area contributed by atoms with Crippen LogP contribution in [0.3, 0.4) is 0 Å². The van der Waals surface area contributed by atoms with Crippen LogP contribution >= 0.6 is 58.0 Å². The molecule has 1 atom stereocenters. The number of nitrogens with one attached hydrogen (secondary N) is 1. The lowest BCUT2D eigenvalue weighted by Crippen LogP contribution is -2.42. The van der Waals surface area contributed by atoms with Crippen LogP contribution in [-0.2, 0) is 15.2 Å². The monoisotopic (exact) mass is 548 g/mol. The van der Waals surface area contributed by atoms with E-state index >= 15 is 0 Å². The van der Waals surface area contributed by atoms with Crippen LogP contribution in [0.4, 0.5) is 23.7 Å². The molecule has 2 aromatic carbocycles. The maximum absolute atomic E-state index is 14.1. The van der Waals surface area contributed by atoms with E-state index in [0.717, 1.165) is 12.1 Å². The molecule has 0 saturated heterocycles. The Morgan fingerprint density at radius 3 is 2.38 bits per heavy atom. The fourth-order valence-corrected chi connectivity index (χ4v) is 3.61. The van der Waals surface area contributed by atoms with Crippen molar-refractivity contribution >= 4 is 75.5 Å². The predicted molar refractivity (Wildman–Crippen MR) is 118 cm³/mol. The van der Waals surface area contributed by atoms with Gasteiger partial charge in [-0.25, -0.2) is 4.79 Å². The van der Waals surface area contributed by atoms with Crippen molar-refractivity contribution in [1.29, 1.82) is 0 Å². The zero-order valence-corrected chi connectivity index (χ0v) is 19.4. The quantitative estimate of drug-likeness (QED) is 0.401. The summed E-state index contributed by atoms with van der Waals surface area (Å²) in [5.74, 6) is 0. The Hall–Kier alpha value is -1.58. The maximum atomic E-state index is 14.1. The van der Waals surface area contributed by atoms with E-state index in [-0.39, 0.29) is 32.6 Å². The van der Waals surface area contributed by atoms with Crippen LogP contribution < -0.4 is 5.32 Å². The van der Waals surface area contributed by atoms with Gasteiger partial charge in [0.25, 0.3) is 5.60 Å². The highest BCUT2D eigenvalue weighted by Crippen LogP contribution is 2.49. The minimum Gasteiger partial charge on any atom is -0.445 e. The van der Waals surface area contributed by atoms with E-state index in [1.165, 1.54) is 30.3 Å². The van der Waals surface area contributed by atoms with Crippen molar-refractivity contribution in [2.24, 2.45) is 5.16 Å². The van der Waals surface area contributed by atoms with E-state index < -0.39 is 34.7 Å². The second-order valence-corrected chi connectivity index (χ2v) is 10.1. The highest BCUT2D eigenvalue weighted by atomic mass is 35.6. The first-order chi connectivity index (χ1) is 14.8. The van der Waals surface area contributed by atoms with Gasteiger partial charge in [-0.05, 0) is 30.3 Å². The summed E-state index contributed by atoms with van der Waals surface area (Å²) in [5.41, 5.74) is -2.57. The fraction of sp³-hybridized carbons (Fsp3) is 0.263. The molecule has 0 aliphatic carbocycles. The first-order valence-electron chi connectivity index (χ1n) is 8.68. The predicted octanol–water partition coefficient (Wildman–Crippen LogP) is 7.49. The second-order valence-electron chi connectivity index (χ2n) is 6.69.